The number of hydrogen-bond donors (Lipinski definition) is 2. The second kappa shape index (κ2) is 3.14. The van der Waals surface area contributed by atoms with E-state index in [1.165, 1.54) is 6.07 Å². The topological polar surface area (TPSA) is 88.3 Å². The Labute approximate surface area is 68.0 Å². The zero-order valence-electron chi connectivity index (χ0n) is 6.31. The lowest BCUT2D eigenvalue weighted by Crippen LogP contribution is -1.97. The summed E-state index contributed by atoms with van der Waals surface area (Å²) in [5.74, 6) is 0.223. The second-order valence-electron chi connectivity index (χ2n) is 2.23. The average molecular weight is 169 g/mol. The monoisotopic (exact) mass is 169 g/mol. The van der Waals surface area contributed by atoms with Gasteiger partial charge in [-0.3, -0.25) is 20.8 Å². The molecule has 0 aromatic carbocycles. The van der Waals surface area contributed by atoms with E-state index in [1.807, 2.05) is 5.48 Å². The zero-order chi connectivity index (χ0) is 9.14. The van der Waals surface area contributed by atoms with Crippen LogP contribution in [0.1, 0.15) is 5.56 Å². The van der Waals surface area contributed by atoms with Crippen molar-refractivity contribution in [2.75, 3.05) is 5.48 Å². The van der Waals surface area contributed by atoms with Crippen molar-refractivity contribution in [2.24, 2.45) is 0 Å². The lowest BCUT2D eigenvalue weighted by atomic mass is 10.3. The fourth-order valence-electron chi connectivity index (χ4n) is 0.777. The molecule has 12 heavy (non-hydrogen) atoms. The first-order valence-corrected chi connectivity index (χ1v) is 3.16. The van der Waals surface area contributed by atoms with Crippen LogP contribution in [0.5, 0.6) is 0 Å². The lowest BCUT2D eigenvalue weighted by Gasteiger charge is -2.00. The number of hydrogen-bond acceptors (Lipinski definition) is 5. The Balaban J connectivity index is 3.10. The van der Waals surface area contributed by atoms with Gasteiger partial charge in [-0.1, -0.05) is 0 Å². The third-order valence-corrected chi connectivity index (χ3v) is 1.38. The maximum absolute atomic E-state index is 10.2. The molecule has 0 saturated heterocycles. The van der Waals surface area contributed by atoms with Gasteiger partial charge in [-0.2, -0.15) is 0 Å². The zero-order valence-corrected chi connectivity index (χ0v) is 6.31. The van der Waals surface area contributed by atoms with Gasteiger partial charge < -0.3 is 0 Å². The molecule has 0 atom stereocenters. The third kappa shape index (κ3) is 1.48. The first-order valence-electron chi connectivity index (χ1n) is 3.16. The molecule has 2 N–H and O–H groups in total. The fraction of sp³-hybridized carbons (Fsp3) is 0.167. The van der Waals surface area contributed by atoms with E-state index in [1.54, 1.807) is 6.92 Å². The largest absolute Gasteiger partial charge is 0.290 e. The molecule has 0 spiro atoms. The number of rotatable bonds is 2. The molecule has 0 aliphatic carbocycles. The SMILES string of the molecule is Cc1cc([N+](=O)[O-])cnc1NO. The molecule has 1 aromatic heterocycles. The van der Waals surface area contributed by atoms with Crippen molar-refractivity contribution >= 4 is 11.5 Å². The van der Waals surface area contributed by atoms with Crippen LogP contribution in [0.4, 0.5) is 11.5 Å². The second-order valence-corrected chi connectivity index (χ2v) is 2.23. The number of nitro groups is 1. The summed E-state index contributed by atoms with van der Waals surface area (Å²) in [6, 6.07) is 1.32. The van der Waals surface area contributed by atoms with Crippen LogP contribution in [0.15, 0.2) is 12.3 Å². The molecule has 1 heterocycles. The molecule has 0 aliphatic rings. The third-order valence-electron chi connectivity index (χ3n) is 1.38. The summed E-state index contributed by atoms with van der Waals surface area (Å²) < 4.78 is 0. The summed E-state index contributed by atoms with van der Waals surface area (Å²) in [5, 5.41) is 18.7. The van der Waals surface area contributed by atoms with Crippen LogP contribution in [0.3, 0.4) is 0 Å². The van der Waals surface area contributed by atoms with Gasteiger partial charge in [0.15, 0.2) is 5.82 Å². The Morgan fingerprint density at radius 2 is 2.42 bits per heavy atom. The van der Waals surface area contributed by atoms with E-state index in [4.69, 9.17) is 5.21 Å². The highest BCUT2D eigenvalue weighted by Crippen LogP contribution is 2.16. The van der Waals surface area contributed by atoms with Gasteiger partial charge in [0.05, 0.1) is 4.92 Å². The summed E-state index contributed by atoms with van der Waals surface area (Å²) in [5.41, 5.74) is 2.26. The van der Waals surface area contributed by atoms with Crippen molar-refractivity contribution in [1.29, 1.82) is 0 Å². The van der Waals surface area contributed by atoms with Crippen molar-refractivity contribution in [1.82, 2.24) is 4.98 Å². The first-order chi connectivity index (χ1) is 5.65. The highest BCUT2D eigenvalue weighted by molar-refractivity contribution is 5.46. The number of aryl methyl sites for hydroxylation is 1. The summed E-state index contributed by atoms with van der Waals surface area (Å²) in [6.07, 6.45) is 1.07. The van der Waals surface area contributed by atoms with Crippen LogP contribution in [0.2, 0.25) is 0 Å². The molecule has 0 radical (unpaired) electrons. The summed E-state index contributed by atoms with van der Waals surface area (Å²) in [4.78, 5) is 13.3. The Morgan fingerprint density at radius 3 is 2.83 bits per heavy atom. The molecular formula is C6H7N3O3. The van der Waals surface area contributed by atoms with E-state index in [0.717, 1.165) is 6.20 Å². The molecule has 64 valence electrons. The Hall–Kier alpha value is -1.69. The molecular weight excluding hydrogens is 162 g/mol. The minimum atomic E-state index is -0.541. The molecule has 0 saturated carbocycles. The minimum Gasteiger partial charge on any atom is -0.290 e. The van der Waals surface area contributed by atoms with Gasteiger partial charge in [0.25, 0.3) is 5.69 Å². The number of pyridine rings is 1. The molecule has 6 heteroatoms. The maximum atomic E-state index is 10.2. The van der Waals surface area contributed by atoms with Gasteiger partial charge in [-0.15, -0.1) is 0 Å². The molecule has 1 aromatic rings. The number of nitrogens with zero attached hydrogens (tertiary/aromatic N) is 2. The van der Waals surface area contributed by atoms with Crippen LogP contribution in [0.25, 0.3) is 0 Å². The molecule has 6 nitrogen and oxygen atoms in total. The Bertz CT molecular complexity index is 313. The fourth-order valence-corrected chi connectivity index (χ4v) is 0.777. The minimum absolute atomic E-state index is 0.0912. The van der Waals surface area contributed by atoms with Crippen molar-refractivity contribution in [3.63, 3.8) is 0 Å². The van der Waals surface area contributed by atoms with Gasteiger partial charge in [0, 0.05) is 11.6 Å². The normalized spacial score (nSPS) is 9.50. The predicted molar refractivity (Wildman–Crippen MR) is 41.0 cm³/mol. The Morgan fingerprint density at radius 1 is 1.75 bits per heavy atom. The molecule has 0 bridgehead atoms. The smallest absolute Gasteiger partial charge is 0.287 e. The number of anilines is 1. The summed E-state index contributed by atoms with van der Waals surface area (Å²) in [7, 11) is 0. The quantitative estimate of drug-likeness (QED) is 0.511. The Kier molecular flexibility index (Phi) is 2.20. The van der Waals surface area contributed by atoms with Crippen molar-refractivity contribution in [3.8, 4) is 0 Å². The van der Waals surface area contributed by atoms with Crippen LogP contribution >= 0.6 is 0 Å². The molecule has 0 aliphatic heterocycles. The van der Waals surface area contributed by atoms with E-state index in [2.05, 4.69) is 4.98 Å². The standard InChI is InChI=1S/C6H7N3O3/c1-4-2-5(9(11)12)3-7-6(4)8-10/h2-3,10H,1H3,(H,7,8). The van der Waals surface area contributed by atoms with E-state index >= 15 is 0 Å². The van der Waals surface area contributed by atoms with E-state index in [0.29, 0.717) is 5.56 Å². The van der Waals surface area contributed by atoms with Crippen molar-refractivity contribution in [3.05, 3.63) is 27.9 Å². The first kappa shape index (κ1) is 8.41. The number of nitrogens with one attached hydrogen (secondary N) is 1. The van der Waals surface area contributed by atoms with E-state index < -0.39 is 4.92 Å². The van der Waals surface area contributed by atoms with Crippen LogP contribution < -0.4 is 5.48 Å². The van der Waals surface area contributed by atoms with E-state index in [9.17, 15) is 10.1 Å². The van der Waals surface area contributed by atoms with Gasteiger partial charge in [0.1, 0.15) is 6.20 Å². The predicted octanol–water partition coefficient (Wildman–Crippen LogP) is 1.10. The van der Waals surface area contributed by atoms with Crippen molar-refractivity contribution < 1.29 is 10.1 Å². The summed E-state index contributed by atoms with van der Waals surface area (Å²) >= 11 is 0. The average Bonchev–Trinajstić information content (AvgIpc) is 2.04. The highest BCUT2D eigenvalue weighted by Gasteiger charge is 2.08. The van der Waals surface area contributed by atoms with Gasteiger partial charge >= 0.3 is 0 Å². The number of aromatic nitrogens is 1. The van der Waals surface area contributed by atoms with Crippen LogP contribution in [-0.4, -0.2) is 15.1 Å². The van der Waals surface area contributed by atoms with Gasteiger partial charge in [-0.25, -0.2) is 4.98 Å². The van der Waals surface area contributed by atoms with Crippen LogP contribution in [0, 0.1) is 17.0 Å². The van der Waals surface area contributed by atoms with Crippen LogP contribution in [-0.2, 0) is 0 Å². The molecule has 0 unspecified atom stereocenters. The molecule has 1 rings (SSSR count). The summed E-state index contributed by atoms with van der Waals surface area (Å²) in [6.45, 7) is 1.61. The highest BCUT2D eigenvalue weighted by atomic mass is 16.6. The van der Waals surface area contributed by atoms with E-state index in [-0.39, 0.29) is 11.5 Å². The van der Waals surface area contributed by atoms with Crippen molar-refractivity contribution in [2.45, 2.75) is 6.92 Å². The lowest BCUT2D eigenvalue weighted by molar-refractivity contribution is -0.385. The molecule has 0 fully saturated rings. The van der Waals surface area contributed by atoms with Gasteiger partial charge in [0.2, 0.25) is 0 Å². The maximum Gasteiger partial charge on any atom is 0.287 e. The molecule has 0 amide bonds. The van der Waals surface area contributed by atoms with Gasteiger partial charge in [-0.05, 0) is 6.92 Å².